The molecule has 0 spiro atoms. The van der Waals surface area contributed by atoms with Gasteiger partial charge in [-0.3, -0.25) is 0 Å². The summed E-state index contributed by atoms with van der Waals surface area (Å²) < 4.78 is 5.67. The van der Waals surface area contributed by atoms with Gasteiger partial charge >= 0.3 is 0 Å². The van der Waals surface area contributed by atoms with E-state index >= 15 is 0 Å². The number of nitrogens with zero attached hydrogens (tertiary/aromatic N) is 4. The second-order valence-electron chi connectivity index (χ2n) is 3.83. The SMILES string of the molecule is CCCc1nc(Br)cc(NCc2noc(C)n2)n1. The van der Waals surface area contributed by atoms with Gasteiger partial charge in [-0.15, -0.1) is 0 Å². The number of halogens is 1. The van der Waals surface area contributed by atoms with Crippen LogP contribution in [0.3, 0.4) is 0 Å². The van der Waals surface area contributed by atoms with Crippen LogP contribution < -0.4 is 5.32 Å². The van der Waals surface area contributed by atoms with Gasteiger partial charge < -0.3 is 9.84 Å². The molecular weight excluding hydrogens is 298 g/mol. The molecule has 1 N–H and O–H groups in total. The number of nitrogens with one attached hydrogen (secondary N) is 1. The molecule has 0 bridgehead atoms. The van der Waals surface area contributed by atoms with Crippen molar-refractivity contribution in [1.82, 2.24) is 20.1 Å². The Morgan fingerprint density at radius 1 is 1.28 bits per heavy atom. The maximum absolute atomic E-state index is 4.90. The Hall–Kier alpha value is -1.50. The van der Waals surface area contributed by atoms with Gasteiger partial charge in [0.15, 0.2) is 5.82 Å². The van der Waals surface area contributed by atoms with Crippen molar-refractivity contribution in [1.29, 1.82) is 0 Å². The van der Waals surface area contributed by atoms with E-state index in [1.807, 2.05) is 6.07 Å². The zero-order valence-corrected chi connectivity index (χ0v) is 11.9. The smallest absolute Gasteiger partial charge is 0.223 e. The van der Waals surface area contributed by atoms with Gasteiger partial charge in [-0.25, -0.2) is 9.97 Å². The van der Waals surface area contributed by atoms with Gasteiger partial charge in [-0.1, -0.05) is 12.1 Å². The molecule has 2 rings (SSSR count). The van der Waals surface area contributed by atoms with Gasteiger partial charge in [0, 0.05) is 19.4 Å². The third kappa shape index (κ3) is 3.49. The minimum absolute atomic E-state index is 0.479. The molecule has 0 saturated heterocycles. The van der Waals surface area contributed by atoms with Gasteiger partial charge in [-0.05, 0) is 22.4 Å². The van der Waals surface area contributed by atoms with Crippen molar-refractivity contribution in [3.63, 3.8) is 0 Å². The zero-order chi connectivity index (χ0) is 13.0. The minimum Gasteiger partial charge on any atom is -0.362 e. The van der Waals surface area contributed by atoms with E-state index in [4.69, 9.17) is 4.52 Å². The second-order valence-corrected chi connectivity index (χ2v) is 4.64. The highest BCUT2D eigenvalue weighted by Gasteiger charge is 2.05. The molecule has 0 atom stereocenters. The highest BCUT2D eigenvalue weighted by Crippen LogP contribution is 2.13. The molecule has 2 heterocycles. The van der Waals surface area contributed by atoms with Crippen molar-refractivity contribution in [2.75, 3.05) is 5.32 Å². The molecule has 0 unspecified atom stereocenters. The topological polar surface area (TPSA) is 76.7 Å². The minimum atomic E-state index is 0.479. The fourth-order valence-electron chi connectivity index (χ4n) is 1.47. The molecule has 0 fully saturated rings. The van der Waals surface area contributed by atoms with E-state index in [1.54, 1.807) is 6.92 Å². The molecule has 96 valence electrons. The first-order valence-electron chi connectivity index (χ1n) is 5.74. The van der Waals surface area contributed by atoms with E-state index in [2.05, 4.69) is 48.3 Å². The highest BCUT2D eigenvalue weighted by molar-refractivity contribution is 9.10. The third-order valence-electron chi connectivity index (χ3n) is 2.21. The lowest BCUT2D eigenvalue weighted by atomic mass is 10.3. The van der Waals surface area contributed by atoms with Crippen molar-refractivity contribution in [3.8, 4) is 0 Å². The van der Waals surface area contributed by atoms with E-state index in [1.165, 1.54) is 0 Å². The Balaban J connectivity index is 2.04. The lowest BCUT2D eigenvalue weighted by Crippen LogP contribution is -2.06. The molecule has 2 aromatic rings. The van der Waals surface area contributed by atoms with Gasteiger partial charge in [0.1, 0.15) is 16.2 Å². The summed E-state index contributed by atoms with van der Waals surface area (Å²) in [6.07, 6.45) is 1.87. The molecule has 0 aliphatic rings. The molecule has 0 radical (unpaired) electrons. The van der Waals surface area contributed by atoms with E-state index in [0.717, 1.165) is 29.1 Å². The predicted molar refractivity (Wildman–Crippen MR) is 70.1 cm³/mol. The zero-order valence-electron chi connectivity index (χ0n) is 10.3. The lowest BCUT2D eigenvalue weighted by Gasteiger charge is -2.05. The summed E-state index contributed by atoms with van der Waals surface area (Å²) in [7, 11) is 0. The van der Waals surface area contributed by atoms with Gasteiger partial charge in [0.2, 0.25) is 5.89 Å². The Labute approximate surface area is 113 Å². The summed E-state index contributed by atoms with van der Waals surface area (Å²) in [5.74, 6) is 2.74. The van der Waals surface area contributed by atoms with Crippen LogP contribution in [0.25, 0.3) is 0 Å². The summed E-state index contributed by atoms with van der Waals surface area (Å²) in [5, 5.41) is 6.96. The number of hydrogen-bond acceptors (Lipinski definition) is 6. The van der Waals surface area contributed by atoms with Gasteiger partial charge in [0.05, 0.1) is 6.54 Å². The van der Waals surface area contributed by atoms with E-state index < -0.39 is 0 Å². The van der Waals surface area contributed by atoms with Crippen LogP contribution in [0.5, 0.6) is 0 Å². The summed E-state index contributed by atoms with van der Waals surface area (Å²) in [6, 6.07) is 1.83. The quantitative estimate of drug-likeness (QED) is 0.855. The molecule has 7 heteroatoms. The average Bonchev–Trinajstić information content (AvgIpc) is 2.72. The van der Waals surface area contributed by atoms with Crippen LogP contribution in [0.4, 0.5) is 5.82 Å². The van der Waals surface area contributed by atoms with Crippen LogP contribution in [0.2, 0.25) is 0 Å². The van der Waals surface area contributed by atoms with E-state index in [-0.39, 0.29) is 0 Å². The van der Waals surface area contributed by atoms with Crippen LogP contribution in [-0.2, 0) is 13.0 Å². The standard InChI is InChI=1S/C11H14BrN5O/c1-3-4-9-15-8(12)5-10(16-9)13-6-11-14-7(2)18-17-11/h5H,3-4,6H2,1-2H3,(H,13,15,16). The molecule has 0 amide bonds. The fourth-order valence-corrected chi connectivity index (χ4v) is 1.89. The van der Waals surface area contributed by atoms with Crippen LogP contribution >= 0.6 is 15.9 Å². The largest absolute Gasteiger partial charge is 0.362 e. The molecular formula is C11H14BrN5O. The highest BCUT2D eigenvalue weighted by atomic mass is 79.9. The first kappa shape index (κ1) is 12.9. The number of aromatic nitrogens is 4. The number of aryl methyl sites for hydroxylation is 2. The van der Waals surface area contributed by atoms with Crippen molar-refractivity contribution < 1.29 is 4.52 Å². The van der Waals surface area contributed by atoms with Gasteiger partial charge in [0.25, 0.3) is 0 Å². The fraction of sp³-hybridized carbons (Fsp3) is 0.455. The van der Waals surface area contributed by atoms with Crippen LogP contribution in [-0.4, -0.2) is 20.1 Å². The number of rotatable bonds is 5. The third-order valence-corrected chi connectivity index (χ3v) is 2.62. The summed E-state index contributed by atoms with van der Waals surface area (Å²) in [6.45, 7) is 4.34. The Kier molecular flexibility index (Phi) is 4.24. The first-order chi connectivity index (χ1) is 8.67. The van der Waals surface area contributed by atoms with Crippen molar-refractivity contribution in [3.05, 3.63) is 28.2 Å². The molecule has 0 saturated carbocycles. The summed E-state index contributed by atoms with van der Waals surface area (Å²) in [4.78, 5) is 12.8. The molecule has 2 aromatic heterocycles. The molecule has 0 aromatic carbocycles. The second kappa shape index (κ2) is 5.90. The van der Waals surface area contributed by atoms with E-state index in [0.29, 0.717) is 18.3 Å². The lowest BCUT2D eigenvalue weighted by molar-refractivity contribution is 0.388. The summed E-state index contributed by atoms with van der Waals surface area (Å²) >= 11 is 3.37. The molecule has 18 heavy (non-hydrogen) atoms. The molecule has 0 aliphatic heterocycles. The van der Waals surface area contributed by atoms with Crippen LogP contribution in [0.15, 0.2) is 15.2 Å². The predicted octanol–water partition coefficient (Wildman–Crippen LogP) is 2.50. The maximum Gasteiger partial charge on any atom is 0.223 e. The molecule has 0 aliphatic carbocycles. The van der Waals surface area contributed by atoms with Crippen molar-refractivity contribution >= 4 is 21.7 Å². The Bertz CT molecular complexity index is 528. The maximum atomic E-state index is 4.90. The first-order valence-corrected chi connectivity index (χ1v) is 6.53. The number of hydrogen-bond donors (Lipinski definition) is 1. The van der Waals surface area contributed by atoms with Crippen LogP contribution in [0, 0.1) is 6.92 Å². The Morgan fingerprint density at radius 3 is 2.78 bits per heavy atom. The van der Waals surface area contributed by atoms with Crippen molar-refractivity contribution in [2.24, 2.45) is 0 Å². The van der Waals surface area contributed by atoms with Crippen LogP contribution in [0.1, 0.15) is 30.9 Å². The monoisotopic (exact) mass is 311 g/mol. The van der Waals surface area contributed by atoms with E-state index in [9.17, 15) is 0 Å². The van der Waals surface area contributed by atoms with Gasteiger partial charge in [-0.2, -0.15) is 4.98 Å². The molecule has 6 nitrogen and oxygen atoms in total. The average molecular weight is 312 g/mol. The number of anilines is 1. The summed E-state index contributed by atoms with van der Waals surface area (Å²) in [5.41, 5.74) is 0. The van der Waals surface area contributed by atoms with Crippen molar-refractivity contribution in [2.45, 2.75) is 33.2 Å². The normalized spacial score (nSPS) is 10.6. The Morgan fingerprint density at radius 2 is 2.11 bits per heavy atom.